The summed E-state index contributed by atoms with van der Waals surface area (Å²) in [4.78, 5) is 20.7. The number of carboxylic acids is 2. The van der Waals surface area contributed by atoms with Crippen LogP contribution in [0, 0.1) is 0 Å². The van der Waals surface area contributed by atoms with E-state index in [1.54, 1.807) is 0 Å². The van der Waals surface area contributed by atoms with Crippen molar-refractivity contribution in [3.8, 4) is 11.5 Å². The van der Waals surface area contributed by atoms with E-state index in [2.05, 4.69) is 17.0 Å². The van der Waals surface area contributed by atoms with Crippen molar-refractivity contribution in [1.29, 1.82) is 0 Å². The van der Waals surface area contributed by atoms with E-state index in [0.717, 1.165) is 24.7 Å². The van der Waals surface area contributed by atoms with Gasteiger partial charge in [0.2, 0.25) is 0 Å². The zero-order chi connectivity index (χ0) is 21.6. The summed E-state index contributed by atoms with van der Waals surface area (Å²) in [6.07, 6.45) is 5.41. The van der Waals surface area contributed by atoms with Crippen molar-refractivity contribution >= 4 is 11.9 Å². The molecule has 3 rings (SSSR count). The molecule has 7 nitrogen and oxygen atoms in total. The van der Waals surface area contributed by atoms with Crippen LogP contribution >= 0.6 is 0 Å². The fourth-order valence-corrected chi connectivity index (χ4v) is 3.03. The second-order valence-electron chi connectivity index (χ2n) is 6.96. The first-order valence-corrected chi connectivity index (χ1v) is 10.1. The van der Waals surface area contributed by atoms with Crippen LogP contribution in [0.4, 0.5) is 0 Å². The average molecular weight is 415 g/mol. The first-order chi connectivity index (χ1) is 14.5. The lowest BCUT2D eigenvalue weighted by atomic mass is 10.2. The Morgan fingerprint density at radius 3 is 1.83 bits per heavy atom. The van der Waals surface area contributed by atoms with Gasteiger partial charge in [-0.3, -0.25) is 4.90 Å². The van der Waals surface area contributed by atoms with E-state index in [-0.39, 0.29) is 0 Å². The van der Waals surface area contributed by atoms with Gasteiger partial charge >= 0.3 is 11.9 Å². The third kappa shape index (κ3) is 9.43. The molecule has 1 saturated heterocycles. The number of ether oxygens (including phenoxy) is 2. The Morgan fingerprint density at radius 2 is 1.30 bits per heavy atom. The van der Waals surface area contributed by atoms with E-state index in [9.17, 15) is 0 Å². The SMILES string of the molecule is O=C(O)C(=O)O.c1ccc(COc2ccc(OCCN3CCCCCC3)cc2)cc1. The third-order valence-electron chi connectivity index (χ3n) is 4.63. The van der Waals surface area contributed by atoms with Crippen LogP contribution < -0.4 is 9.47 Å². The summed E-state index contributed by atoms with van der Waals surface area (Å²) in [5, 5.41) is 14.8. The molecular formula is C23H29NO6. The highest BCUT2D eigenvalue weighted by molar-refractivity contribution is 6.27. The zero-order valence-electron chi connectivity index (χ0n) is 17.0. The Kier molecular flexibility index (Phi) is 10.2. The summed E-state index contributed by atoms with van der Waals surface area (Å²) in [5.41, 5.74) is 1.18. The van der Waals surface area contributed by atoms with Crippen LogP contribution in [-0.4, -0.2) is 53.3 Å². The van der Waals surface area contributed by atoms with Crippen molar-refractivity contribution in [2.45, 2.75) is 32.3 Å². The summed E-state index contributed by atoms with van der Waals surface area (Å²) in [6.45, 7) is 4.80. The van der Waals surface area contributed by atoms with Gasteiger partial charge in [0.15, 0.2) is 0 Å². The Labute approximate surface area is 176 Å². The molecule has 0 atom stereocenters. The molecule has 2 aromatic carbocycles. The van der Waals surface area contributed by atoms with Crippen LogP contribution in [0.2, 0.25) is 0 Å². The van der Waals surface area contributed by atoms with E-state index in [0.29, 0.717) is 6.61 Å². The minimum absolute atomic E-state index is 0.593. The van der Waals surface area contributed by atoms with Gasteiger partial charge in [-0.2, -0.15) is 0 Å². The van der Waals surface area contributed by atoms with Crippen molar-refractivity contribution in [2.75, 3.05) is 26.2 Å². The molecule has 0 unspecified atom stereocenters. The lowest BCUT2D eigenvalue weighted by Gasteiger charge is -2.19. The largest absolute Gasteiger partial charge is 0.492 e. The van der Waals surface area contributed by atoms with Gasteiger partial charge in [-0.15, -0.1) is 0 Å². The number of carboxylic acid groups (broad SMARTS) is 2. The van der Waals surface area contributed by atoms with Crippen molar-refractivity contribution in [1.82, 2.24) is 4.90 Å². The fourth-order valence-electron chi connectivity index (χ4n) is 3.03. The van der Waals surface area contributed by atoms with E-state index in [4.69, 9.17) is 29.3 Å². The molecule has 30 heavy (non-hydrogen) atoms. The predicted molar refractivity (Wildman–Crippen MR) is 113 cm³/mol. The molecule has 0 saturated carbocycles. The molecule has 1 aliphatic heterocycles. The Bertz CT molecular complexity index is 743. The number of nitrogens with zero attached hydrogens (tertiary/aromatic N) is 1. The monoisotopic (exact) mass is 415 g/mol. The van der Waals surface area contributed by atoms with Gasteiger partial charge in [-0.25, -0.2) is 9.59 Å². The summed E-state index contributed by atoms with van der Waals surface area (Å²) in [6, 6.07) is 18.1. The van der Waals surface area contributed by atoms with Gasteiger partial charge < -0.3 is 19.7 Å². The molecule has 0 aromatic heterocycles. The molecule has 162 valence electrons. The van der Waals surface area contributed by atoms with Gasteiger partial charge in [0.25, 0.3) is 0 Å². The lowest BCUT2D eigenvalue weighted by Crippen LogP contribution is -2.29. The van der Waals surface area contributed by atoms with Crippen molar-refractivity contribution in [3.63, 3.8) is 0 Å². The summed E-state index contributed by atoms with van der Waals surface area (Å²) in [7, 11) is 0. The standard InChI is InChI=1S/C21H27NO2.C2H2O4/c1-2-7-15-22(14-6-1)16-17-23-20-10-12-21(13-11-20)24-18-19-8-4-3-5-9-19;3-1(4)2(5)6/h3-5,8-13H,1-2,6-7,14-18H2;(H,3,4)(H,5,6). The summed E-state index contributed by atoms with van der Waals surface area (Å²) < 4.78 is 11.7. The van der Waals surface area contributed by atoms with Crippen LogP contribution in [-0.2, 0) is 16.2 Å². The van der Waals surface area contributed by atoms with Gasteiger partial charge in [-0.05, 0) is 55.8 Å². The van der Waals surface area contributed by atoms with E-state index < -0.39 is 11.9 Å². The van der Waals surface area contributed by atoms with Crippen molar-refractivity contribution < 1.29 is 29.3 Å². The average Bonchev–Trinajstić information content (AvgIpc) is 3.03. The van der Waals surface area contributed by atoms with Crippen LogP contribution in [0.1, 0.15) is 31.2 Å². The van der Waals surface area contributed by atoms with E-state index in [1.165, 1.54) is 44.3 Å². The number of hydrogen-bond donors (Lipinski definition) is 2. The van der Waals surface area contributed by atoms with Gasteiger partial charge in [-0.1, -0.05) is 43.2 Å². The summed E-state index contributed by atoms with van der Waals surface area (Å²) in [5.74, 6) is -1.86. The quantitative estimate of drug-likeness (QED) is 0.666. The number of carbonyl (C=O) groups is 2. The van der Waals surface area contributed by atoms with E-state index in [1.807, 2.05) is 42.5 Å². The second-order valence-corrected chi connectivity index (χ2v) is 6.96. The number of rotatable bonds is 7. The molecule has 1 fully saturated rings. The molecule has 2 N–H and O–H groups in total. The maximum absolute atomic E-state index is 9.10. The Morgan fingerprint density at radius 1 is 0.767 bits per heavy atom. The number of benzene rings is 2. The highest BCUT2D eigenvalue weighted by Crippen LogP contribution is 2.19. The zero-order valence-corrected chi connectivity index (χ0v) is 17.0. The fraction of sp³-hybridized carbons (Fsp3) is 0.391. The number of likely N-dealkylation sites (tertiary alicyclic amines) is 1. The van der Waals surface area contributed by atoms with Gasteiger partial charge in [0.1, 0.15) is 24.7 Å². The molecule has 1 heterocycles. The van der Waals surface area contributed by atoms with Crippen LogP contribution in [0.25, 0.3) is 0 Å². The van der Waals surface area contributed by atoms with Gasteiger partial charge in [0.05, 0.1) is 0 Å². The number of aliphatic carboxylic acids is 2. The van der Waals surface area contributed by atoms with Gasteiger partial charge in [0, 0.05) is 6.54 Å². The molecule has 0 radical (unpaired) electrons. The van der Waals surface area contributed by atoms with Crippen LogP contribution in [0.3, 0.4) is 0 Å². The van der Waals surface area contributed by atoms with Crippen LogP contribution in [0.5, 0.6) is 11.5 Å². The molecular weight excluding hydrogens is 386 g/mol. The molecule has 0 bridgehead atoms. The highest BCUT2D eigenvalue weighted by atomic mass is 16.5. The highest BCUT2D eigenvalue weighted by Gasteiger charge is 2.08. The Balaban J connectivity index is 0.000000469. The Hall–Kier alpha value is -3.06. The molecule has 0 aliphatic carbocycles. The van der Waals surface area contributed by atoms with Crippen LogP contribution in [0.15, 0.2) is 54.6 Å². The number of hydrogen-bond acceptors (Lipinski definition) is 5. The van der Waals surface area contributed by atoms with Crippen molar-refractivity contribution in [2.24, 2.45) is 0 Å². The normalized spacial score (nSPS) is 14.0. The minimum atomic E-state index is -1.82. The topological polar surface area (TPSA) is 96.3 Å². The lowest BCUT2D eigenvalue weighted by molar-refractivity contribution is -0.159. The first kappa shape index (κ1) is 23.2. The minimum Gasteiger partial charge on any atom is -0.492 e. The molecule has 2 aromatic rings. The maximum atomic E-state index is 9.10. The van der Waals surface area contributed by atoms with Crippen molar-refractivity contribution in [3.05, 3.63) is 60.2 Å². The smallest absolute Gasteiger partial charge is 0.414 e. The second kappa shape index (κ2) is 13.2. The summed E-state index contributed by atoms with van der Waals surface area (Å²) >= 11 is 0. The van der Waals surface area contributed by atoms with E-state index >= 15 is 0 Å². The maximum Gasteiger partial charge on any atom is 0.414 e. The molecule has 7 heteroatoms. The molecule has 1 aliphatic rings. The third-order valence-corrected chi connectivity index (χ3v) is 4.63. The predicted octanol–water partition coefficient (Wildman–Crippen LogP) is 3.68. The molecule has 0 spiro atoms. The molecule has 0 amide bonds. The first-order valence-electron chi connectivity index (χ1n) is 10.1.